The van der Waals surface area contributed by atoms with Gasteiger partial charge >= 0.3 is 0 Å². The molecule has 8 heteroatoms. The first-order valence-corrected chi connectivity index (χ1v) is 8.43. The van der Waals surface area contributed by atoms with Crippen LogP contribution in [-0.2, 0) is 11.3 Å². The van der Waals surface area contributed by atoms with Crippen LogP contribution >= 0.6 is 0 Å². The Bertz CT molecular complexity index is 848. The van der Waals surface area contributed by atoms with E-state index in [1.54, 1.807) is 18.0 Å². The summed E-state index contributed by atoms with van der Waals surface area (Å²) >= 11 is 0. The Morgan fingerprint density at radius 3 is 2.96 bits per heavy atom. The Balaban J connectivity index is 1.76. The number of hydrogen-bond acceptors (Lipinski definition) is 6. The van der Waals surface area contributed by atoms with E-state index >= 15 is 0 Å². The monoisotopic (exact) mass is 357 g/mol. The number of benzene rings is 1. The third-order valence-corrected chi connectivity index (χ3v) is 4.63. The van der Waals surface area contributed by atoms with Gasteiger partial charge in [0.15, 0.2) is 11.6 Å². The van der Waals surface area contributed by atoms with Crippen molar-refractivity contribution in [3.8, 4) is 0 Å². The summed E-state index contributed by atoms with van der Waals surface area (Å²) in [4.78, 5) is 20.9. The average Bonchev–Trinajstić information content (AvgIpc) is 3.03. The van der Waals surface area contributed by atoms with Gasteiger partial charge < -0.3 is 14.5 Å². The third-order valence-electron chi connectivity index (χ3n) is 4.63. The number of hydrazine groups is 1. The highest BCUT2D eigenvalue weighted by atomic mass is 19.1. The van der Waals surface area contributed by atoms with Crippen LogP contribution in [0.4, 0.5) is 4.39 Å². The van der Waals surface area contributed by atoms with Gasteiger partial charge in [-0.3, -0.25) is 9.80 Å². The highest BCUT2D eigenvalue weighted by molar-refractivity contribution is 5.96. The molecule has 1 amide bonds. The zero-order valence-electron chi connectivity index (χ0n) is 14.7. The molecule has 4 rings (SSSR count). The average molecular weight is 357 g/mol. The second-order valence-electron chi connectivity index (χ2n) is 6.47. The quantitative estimate of drug-likeness (QED) is 0.758. The SMILES string of the molecule is CN1CCOC2=C3N=C(C=CN3NC2)N(C)Cc2cc(F)ccc2C1=O. The minimum absolute atomic E-state index is 0.152. The predicted octanol–water partition coefficient (Wildman–Crippen LogP) is 1.27. The van der Waals surface area contributed by atoms with Crippen molar-refractivity contribution in [2.45, 2.75) is 6.54 Å². The van der Waals surface area contributed by atoms with E-state index in [0.29, 0.717) is 43.2 Å². The molecule has 1 N–H and O–H groups in total. The molecule has 0 fully saturated rings. The highest BCUT2D eigenvalue weighted by Gasteiger charge is 2.27. The fraction of sp³-hybridized carbons (Fsp3) is 0.333. The zero-order valence-corrected chi connectivity index (χ0v) is 14.7. The number of ether oxygens (including phenoxy) is 1. The molecule has 1 aromatic carbocycles. The third kappa shape index (κ3) is 2.92. The maximum atomic E-state index is 13.8. The lowest BCUT2D eigenvalue weighted by atomic mass is 10.1. The lowest BCUT2D eigenvalue weighted by Gasteiger charge is -2.25. The van der Waals surface area contributed by atoms with Crippen molar-refractivity contribution in [1.29, 1.82) is 0 Å². The first kappa shape index (κ1) is 16.6. The number of hydrogen-bond donors (Lipinski definition) is 1. The lowest BCUT2D eigenvalue weighted by molar-refractivity contribution is 0.0748. The van der Waals surface area contributed by atoms with E-state index in [0.717, 1.165) is 11.6 Å². The molecule has 0 spiro atoms. The van der Waals surface area contributed by atoms with Gasteiger partial charge in [-0.15, -0.1) is 0 Å². The van der Waals surface area contributed by atoms with Crippen LogP contribution in [0.1, 0.15) is 15.9 Å². The van der Waals surface area contributed by atoms with Gasteiger partial charge in [0, 0.05) is 32.4 Å². The molecule has 0 aromatic heterocycles. The summed E-state index contributed by atoms with van der Waals surface area (Å²) in [6.45, 7) is 1.70. The Hall–Kier alpha value is -2.87. The maximum absolute atomic E-state index is 13.8. The molecule has 136 valence electrons. The number of nitrogens with zero attached hydrogens (tertiary/aromatic N) is 4. The molecule has 0 atom stereocenters. The maximum Gasteiger partial charge on any atom is 0.254 e. The van der Waals surface area contributed by atoms with Gasteiger partial charge in [0.2, 0.25) is 0 Å². The van der Waals surface area contributed by atoms with Crippen LogP contribution in [0.5, 0.6) is 0 Å². The van der Waals surface area contributed by atoms with Gasteiger partial charge in [-0.1, -0.05) is 0 Å². The van der Waals surface area contributed by atoms with Crippen LogP contribution in [-0.4, -0.2) is 60.3 Å². The first-order chi connectivity index (χ1) is 12.5. The fourth-order valence-corrected chi connectivity index (χ4v) is 3.15. The Labute approximate surface area is 151 Å². The second-order valence-corrected chi connectivity index (χ2v) is 6.47. The smallest absolute Gasteiger partial charge is 0.254 e. The summed E-state index contributed by atoms with van der Waals surface area (Å²) in [5.74, 6) is 1.65. The van der Waals surface area contributed by atoms with E-state index in [-0.39, 0.29) is 11.7 Å². The van der Waals surface area contributed by atoms with Crippen molar-refractivity contribution in [1.82, 2.24) is 20.2 Å². The highest BCUT2D eigenvalue weighted by Crippen LogP contribution is 2.23. The molecule has 0 unspecified atom stereocenters. The molecule has 0 aliphatic carbocycles. The topological polar surface area (TPSA) is 60.4 Å². The molecule has 7 nitrogen and oxygen atoms in total. The second kappa shape index (κ2) is 6.45. The minimum atomic E-state index is -0.363. The molecule has 0 saturated heterocycles. The normalized spacial score (nSPS) is 20.2. The standard InChI is InChI=1S/C18H20FN5O2/c1-22-7-8-26-15-10-20-24-6-5-16(21-17(15)24)23(2)11-12-9-13(19)3-4-14(12)18(22)25/h3-6,9,20H,7-8,10-11H2,1-2H3. The van der Waals surface area contributed by atoms with Crippen LogP contribution in [0.15, 0.2) is 47.0 Å². The van der Waals surface area contributed by atoms with Gasteiger partial charge in [0.05, 0.1) is 13.1 Å². The van der Waals surface area contributed by atoms with Gasteiger partial charge in [-0.05, 0) is 29.8 Å². The van der Waals surface area contributed by atoms with Crippen LogP contribution < -0.4 is 5.43 Å². The molecule has 3 heterocycles. The number of aliphatic imine (C=N–C) groups is 1. The van der Waals surface area contributed by atoms with Crippen molar-refractivity contribution in [2.75, 3.05) is 33.8 Å². The van der Waals surface area contributed by atoms with Crippen LogP contribution in [0, 0.1) is 5.82 Å². The van der Waals surface area contributed by atoms with Crippen LogP contribution in [0.3, 0.4) is 0 Å². The summed E-state index contributed by atoms with van der Waals surface area (Å²) in [5, 5.41) is 1.81. The summed E-state index contributed by atoms with van der Waals surface area (Å²) < 4.78 is 19.7. The van der Waals surface area contributed by atoms with Gasteiger partial charge in [0.25, 0.3) is 5.91 Å². The van der Waals surface area contributed by atoms with Crippen LogP contribution in [0.25, 0.3) is 0 Å². The number of nitrogens with one attached hydrogen (secondary N) is 1. The molecule has 0 radical (unpaired) electrons. The molecule has 0 saturated carbocycles. The van der Waals surface area contributed by atoms with E-state index in [2.05, 4.69) is 10.4 Å². The largest absolute Gasteiger partial charge is 0.491 e. The summed E-state index contributed by atoms with van der Waals surface area (Å²) in [5.41, 5.74) is 4.29. The molecule has 1 aromatic rings. The van der Waals surface area contributed by atoms with Crippen molar-refractivity contribution in [3.05, 3.63) is 59.0 Å². The van der Waals surface area contributed by atoms with E-state index in [1.807, 2.05) is 29.2 Å². The van der Waals surface area contributed by atoms with Gasteiger partial charge in [0.1, 0.15) is 18.3 Å². The predicted molar refractivity (Wildman–Crippen MR) is 94.2 cm³/mol. The Morgan fingerprint density at radius 1 is 1.27 bits per heavy atom. The van der Waals surface area contributed by atoms with Gasteiger partial charge in [-0.2, -0.15) is 0 Å². The lowest BCUT2D eigenvalue weighted by Crippen LogP contribution is -2.34. The minimum Gasteiger partial charge on any atom is -0.491 e. The summed E-state index contributed by atoms with van der Waals surface area (Å²) in [7, 11) is 3.59. The van der Waals surface area contributed by atoms with E-state index < -0.39 is 0 Å². The molecular weight excluding hydrogens is 337 g/mol. The van der Waals surface area contributed by atoms with Gasteiger partial charge in [-0.25, -0.2) is 14.8 Å². The van der Waals surface area contributed by atoms with E-state index in [4.69, 9.17) is 4.74 Å². The molecule has 3 aliphatic rings. The van der Waals surface area contributed by atoms with Crippen LogP contribution in [0.2, 0.25) is 0 Å². The fourth-order valence-electron chi connectivity index (χ4n) is 3.15. The van der Waals surface area contributed by atoms with Crippen molar-refractivity contribution in [3.63, 3.8) is 0 Å². The first-order valence-electron chi connectivity index (χ1n) is 8.43. The number of amides is 1. The molecule has 3 aliphatic heterocycles. The number of carbonyl (C=O) groups excluding carboxylic acids is 1. The Morgan fingerprint density at radius 2 is 2.12 bits per heavy atom. The van der Waals surface area contributed by atoms with E-state index in [1.165, 1.54) is 12.1 Å². The van der Waals surface area contributed by atoms with E-state index in [9.17, 15) is 9.18 Å². The number of carbonyl (C=O) groups is 1. The summed E-state index contributed by atoms with van der Waals surface area (Å²) in [6.07, 6.45) is 3.75. The van der Waals surface area contributed by atoms with Crippen molar-refractivity contribution in [2.24, 2.45) is 4.99 Å². The Kier molecular flexibility index (Phi) is 4.12. The number of fused-ring (bicyclic) bond motifs is 1. The zero-order chi connectivity index (χ0) is 18.3. The number of halogens is 1. The number of rotatable bonds is 0. The number of likely N-dealkylation sites (N-methyl/N-ethyl adjacent to an activating group) is 2. The van der Waals surface area contributed by atoms with Crippen molar-refractivity contribution >= 4 is 11.7 Å². The molecular formula is C18H20FN5O2. The molecule has 26 heavy (non-hydrogen) atoms. The molecule has 2 bridgehead atoms. The van der Waals surface area contributed by atoms with Crippen molar-refractivity contribution < 1.29 is 13.9 Å². The number of amidine groups is 1. The summed E-state index contributed by atoms with van der Waals surface area (Å²) in [6, 6.07) is 4.27.